The van der Waals surface area contributed by atoms with E-state index < -0.39 is 5.67 Å². The van der Waals surface area contributed by atoms with Gasteiger partial charge < -0.3 is 5.32 Å². The summed E-state index contributed by atoms with van der Waals surface area (Å²) in [6.07, 6.45) is 5.95. The highest BCUT2D eigenvalue weighted by Crippen LogP contribution is 2.41. The van der Waals surface area contributed by atoms with Gasteiger partial charge in [0.15, 0.2) is 0 Å². The van der Waals surface area contributed by atoms with Crippen LogP contribution in [-0.4, -0.2) is 41.6 Å². The van der Waals surface area contributed by atoms with Crippen molar-refractivity contribution in [3.63, 3.8) is 0 Å². The average molecular weight is 226 g/mol. The number of alkyl halides is 1. The van der Waals surface area contributed by atoms with E-state index >= 15 is 0 Å². The molecule has 1 saturated heterocycles. The summed E-state index contributed by atoms with van der Waals surface area (Å²) in [4.78, 5) is 13.7. The van der Waals surface area contributed by atoms with Crippen molar-refractivity contribution in [2.24, 2.45) is 0 Å². The maximum Gasteiger partial charge on any atom is 0.234 e. The Morgan fingerprint density at radius 1 is 1.38 bits per heavy atom. The monoisotopic (exact) mass is 226 g/mol. The van der Waals surface area contributed by atoms with E-state index in [9.17, 15) is 9.18 Å². The molecule has 16 heavy (non-hydrogen) atoms. The quantitative estimate of drug-likeness (QED) is 0.768. The zero-order chi connectivity index (χ0) is 11.2. The first-order valence-corrected chi connectivity index (χ1v) is 6.39. The predicted octanol–water partition coefficient (Wildman–Crippen LogP) is 1.23. The van der Waals surface area contributed by atoms with Crippen LogP contribution in [0.15, 0.2) is 0 Å². The van der Waals surface area contributed by atoms with Crippen molar-refractivity contribution in [3.8, 4) is 0 Å². The van der Waals surface area contributed by atoms with Crippen LogP contribution in [0.25, 0.3) is 0 Å². The minimum atomic E-state index is -0.973. The van der Waals surface area contributed by atoms with Gasteiger partial charge in [-0.05, 0) is 25.7 Å². The lowest BCUT2D eigenvalue weighted by molar-refractivity contribution is -0.128. The lowest BCUT2D eigenvalue weighted by atomic mass is 9.87. The van der Waals surface area contributed by atoms with E-state index in [2.05, 4.69) is 10.2 Å². The summed E-state index contributed by atoms with van der Waals surface area (Å²) < 4.78 is 13.8. The number of nitrogens with one attached hydrogen (secondary N) is 1. The fourth-order valence-corrected chi connectivity index (χ4v) is 3.10. The second-order valence-electron chi connectivity index (χ2n) is 5.58. The van der Waals surface area contributed by atoms with Gasteiger partial charge in [0.05, 0.1) is 6.54 Å². The molecule has 1 amide bonds. The molecule has 1 N–H and O–H groups in total. The molecule has 3 aliphatic rings. The number of nitrogens with zero attached hydrogens (tertiary/aromatic N) is 1. The number of hydrogen-bond donors (Lipinski definition) is 1. The van der Waals surface area contributed by atoms with Gasteiger partial charge in [-0.15, -0.1) is 0 Å². The molecule has 2 atom stereocenters. The predicted molar refractivity (Wildman–Crippen MR) is 58.8 cm³/mol. The van der Waals surface area contributed by atoms with Crippen molar-refractivity contribution < 1.29 is 9.18 Å². The standard InChI is InChI=1S/C12H19FN2O/c13-12(5-6-12)8-15-7-11(16)14-9-3-1-2-4-10(9)15/h9-10H,1-8H2,(H,14,16). The van der Waals surface area contributed by atoms with Gasteiger partial charge >= 0.3 is 0 Å². The van der Waals surface area contributed by atoms with Crippen molar-refractivity contribution in [2.75, 3.05) is 13.1 Å². The summed E-state index contributed by atoms with van der Waals surface area (Å²) in [6.45, 7) is 0.869. The van der Waals surface area contributed by atoms with Gasteiger partial charge in [0, 0.05) is 18.6 Å². The topological polar surface area (TPSA) is 32.3 Å². The summed E-state index contributed by atoms with van der Waals surface area (Å²) >= 11 is 0. The number of carbonyl (C=O) groups excluding carboxylic acids is 1. The second-order valence-corrected chi connectivity index (χ2v) is 5.58. The van der Waals surface area contributed by atoms with E-state index in [1.807, 2.05) is 0 Å². The first-order valence-electron chi connectivity index (χ1n) is 6.39. The van der Waals surface area contributed by atoms with Crippen LogP contribution in [0.1, 0.15) is 38.5 Å². The highest BCUT2D eigenvalue weighted by atomic mass is 19.1. The van der Waals surface area contributed by atoms with E-state index in [0.29, 0.717) is 32.0 Å². The number of rotatable bonds is 2. The molecule has 2 saturated carbocycles. The minimum absolute atomic E-state index is 0.0763. The molecule has 90 valence electrons. The molecule has 1 aliphatic heterocycles. The van der Waals surface area contributed by atoms with Gasteiger partial charge in [0.1, 0.15) is 5.67 Å². The van der Waals surface area contributed by atoms with Crippen LogP contribution in [-0.2, 0) is 4.79 Å². The Labute approximate surface area is 95.4 Å². The van der Waals surface area contributed by atoms with Crippen LogP contribution in [0, 0.1) is 0 Å². The molecule has 2 unspecified atom stereocenters. The third-order valence-corrected chi connectivity index (χ3v) is 4.17. The Balaban J connectivity index is 1.71. The van der Waals surface area contributed by atoms with E-state index in [-0.39, 0.29) is 11.9 Å². The van der Waals surface area contributed by atoms with E-state index in [1.54, 1.807) is 0 Å². The number of halogens is 1. The molecule has 2 aliphatic carbocycles. The van der Waals surface area contributed by atoms with Crippen LogP contribution < -0.4 is 5.32 Å². The molecule has 0 radical (unpaired) electrons. The second kappa shape index (κ2) is 3.69. The smallest absolute Gasteiger partial charge is 0.234 e. The summed E-state index contributed by atoms with van der Waals surface area (Å²) in [5, 5.41) is 3.05. The molecule has 0 spiro atoms. The van der Waals surface area contributed by atoms with Crippen LogP contribution in [0.2, 0.25) is 0 Å². The minimum Gasteiger partial charge on any atom is -0.351 e. The van der Waals surface area contributed by atoms with Crippen molar-refractivity contribution in [2.45, 2.75) is 56.3 Å². The lowest BCUT2D eigenvalue weighted by Gasteiger charge is -2.44. The molecule has 1 heterocycles. The van der Waals surface area contributed by atoms with Gasteiger partial charge in [-0.1, -0.05) is 12.8 Å². The maximum atomic E-state index is 13.8. The Morgan fingerprint density at radius 2 is 2.12 bits per heavy atom. The average Bonchev–Trinajstić information content (AvgIpc) is 2.96. The fraction of sp³-hybridized carbons (Fsp3) is 0.917. The number of hydrogen-bond acceptors (Lipinski definition) is 2. The van der Waals surface area contributed by atoms with Gasteiger partial charge in [0.2, 0.25) is 5.91 Å². The number of amides is 1. The molecular formula is C12H19FN2O. The molecule has 3 rings (SSSR count). The van der Waals surface area contributed by atoms with Crippen molar-refractivity contribution in [1.29, 1.82) is 0 Å². The van der Waals surface area contributed by atoms with Crippen LogP contribution >= 0.6 is 0 Å². The zero-order valence-corrected chi connectivity index (χ0v) is 9.54. The van der Waals surface area contributed by atoms with Gasteiger partial charge in [-0.2, -0.15) is 0 Å². The number of carbonyl (C=O) groups is 1. The normalized spacial score (nSPS) is 37.7. The zero-order valence-electron chi connectivity index (χ0n) is 9.54. The number of fused-ring (bicyclic) bond motifs is 1. The molecular weight excluding hydrogens is 207 g/mol. The van der Waals surface area contributed by atoms with E-state index in [1.165, 1.54) is 12.8 Å². The SMILES string of the molecule is O=C1CN(CC2(F)CC2)C2CCCCC2N1. The molecule has 3 nitrogen and oxygen atoms in total. The van der Waals surface area contributed by atoms with Gasteiger partial charge in [-0.3, -0.25) is 9.69 Å². The summed E-state index contributed by atoms with van der Waals surface area (Å²) in [5.74, 6) is 0.0763. The third kappa shape index (κ3) is 1.95. The van der Waals surface area contributed by atoms with Crippen LogP contribution in [0.5, 0.6) is 0 Å². The molecule has 0 aromatic rings. The molecule has 4 heteroatoms. The first-order chi connectivity index (χ1) is 7.66. The van der Waals surface area contributed by atoms with Crippen molar-refractivity contribution in [1.82, 2.24) is 10.2 Å². The Hall–Kier alpha value is -0.640. The Morgan fingerprint density at radius 3 is 2.88 bits per heavy atom. The van der Waals surface area contributed by atoms with Gasteiger partial charge in [0.25, 0.3) is 0 Å². The first kappa shape index (κ1) is 10.5. The van der Waals surface area contributed by atoms with Crippen molar-refractivity contribution in [3.05, 3.63) is 0 Å². The number of piperazine rings is 1. The molecule has 3 fully saturated rings. The van der Waals surface area contributed by atoms with Crippen LogP contribution in [0.3, 0.4) is 0 Å². The molecule has 0 aromatic heterocycles. The third-order valence-electron chi connectivity index (χ3n) is 4.17. The molecule has 0 aromatic carbocycles. The summed E-state index contributed by atoms with van der Waals surface area (Å²) in [7, 11) is 0. The highest BCUT2D eigenvalue weighted by molar-refractivity contribution is 5.79. The Bertz CT molecular complexity index is 303. The maximum absolute atomic E-state index is 13.8. The fourth-order valence-electron chi connectivity index (χ4n) is 3.10. The summed E-state index contributed by atoms with van der Waals surface area (Å²) in [6, 6.07) is 0.664. The Kier molecular flexibility index (Phi) is 2.42. The van der Waals surface area contributed by atoms with Gasteiger partial charge in [-0.25, -0.2) is 4.39 Å². The van der Waals surface area contributed by atoms with Crippen LogP contribution in [0.4, 0.5) is 4.39 Å². The summed E-state index contributed by atoms with van der Waals surface area (Å²) in [5.41, 5.74) is -0.973. The lowest BCUT2D eigenvalue weighted by Crippen LogP contribution is -2.62. The van der Waals surface area contributed by atoms with Crippen molar-refractivity contribution >= 4 is 5.91 Å². The van der Waals surface area contributed by atoms with E-state index in [0.717, 1.165) is 12.8 Å². The highest BCUT2D eigenvalue weighted by Gasteiger charge is 2.47. The largest absolute Gasteiger partial charge is 0.351 e. The van der Waals surface area contributed by atoms with E-state index in [4.69, 9.17) is 0 Å². The molecule has 0 bridgehead atoms.